The number of hydrogen-bond acceptors (Lipinski definition) is 3. The van der Waals surface area contributed by atoms with Crippen molar-refractivity contribution in [3.05, 3.63) is 0 Å². The molecule has 1 aliphatic heterocycles. The van der Waals surface area contributed by atoms with Crippen LogP contribution in [0.4, 0.5) is 0 Å². The third kappa shape index (κ3) is 2.42. The summed E-state index contributed by atoms with van der Waals surface area (Å²) in [5, 5.41) is -0.117. The lowest BCUT2D eigenvalue weighted by molar-refractivity contribution is 0.114. The first kappa shape index (κ1) is 9.43. The first-order chi connectivity index (χ1) is 6.18. The van der Waals surface area contributed by atoms with Crippen LogP contribution in [0.15, 0.2) is 0 Å². The second kappa shape index (κ2) is 3.55. The van der Waals surface area contributed by atoms with Crippen molar-refractivity contribution >= 4 is 10.0 Å². The lowest BCUT2D eigenvalue weighted by Crippen LogP contribution is -2.34. The van der Waals surface area contributed by atoms with Crippen LogP contribution in [0.5, 0.6) is 0 Å². The molecule has 1 N–H and O–H groups in total. The molecule has 1 unspecified atom stereocenters. The van der Waals surface area contributed by atoms with E-state index < -0.39 is 10.0 Å². The maximum atomic E-state index is 11.4. The van der Waals surface area contributed by atoms with E-state index in [2.05, 4.69) is 4.72 Å². The van der Waals surface area contributed by atoms with Gasteiger partial charge in [-0.2, -0.15) is 0 Å². The van der Waals surface area contributed by atoms with E-state index in [1.807, 2.05) is 0 Å². The molecule has 0 aromatic carbocycles. The Morgan fingerprint density at radius 1 is 1.31 bits per heavy atom. The molecule has 1 atom stereocenters. The molecule has 0 radical (unpaired) electrons. The second-order valence-electron chi connectivity index (χ2n) is 3.73. The molecule has 0 aromatic rings. The smallest absolute Gasteiger partial charge is 0.214 e. The molecule has 2 fully saturated rings. The zero-order valence-corrected chi connectivity index (χ0v) is 8.35. The summed E-state index contributed by atoms with van der Waals surface area (Å²) in [6, 6.07) is 0. The Balaban J connectivity index is 1.77. The van der Waals surface area contributed by atoms with Gasteiger partial charge in [0, 0.05) is 13.2 Å². The van der Waals surface area contributed by atoms with Crippen molar-refractivity contribution in [2.45, 2.75) is 37.0 Å². The minimum Gasteiger partial charge on any atom is -0.377 e. The molecule has 1 heterocycles. The van der Waals surface area contributed by atoms with E-state index in [4.69, 9.17) is 4.74 Å². The van der Waals surface area contributed by atoms with Crippen LogP contribution in [0.3, 0.4) is 0 Å². The van der Waals surface area contributed by atoms with Gasteiger partial charge in [0.05, 0.1) is 11.4 Å². The molecule has 5 heteroatoms. The normalized spacial score (nSPS) is 29.4. The summed E-state index contributed by atoms with van der Waals surface area (Å²) in [7, 11) is -3.00. The van der Waals surface area contributed by atoms with Gasteiger partial charge in [-0.05, 0) is 25.7 Å². The predicted octanol–water partition coefficient (Wildman–Crippen LogP) is 0.247. The first-order valence-corrected chi connectivity index (χ1v) is 6.33. The van der Waals surface area contributed by atoms with E-state index in [0.717, 1.165) is 32.3 Å². The van der Waals surface area contributed by atoms with Crippen molar-refractivity contribution in [2.24, 2.45) is 0 Å². The first-order valence-electron chi connectivity index (χ1n) is 4.78. The molecule has 1 saturated heterocycles. The van der Waals surface area contributed by atoms with E-state index in [9.17, 15) is 8.42 Å². The van der Waals surface area contributed by atoms with Gasteiger partial charge in [-0.1, -0.05) is 0 Å². The summed E-state index contributed by atoms with van der Waals surface area (Å²) in [6.07, 6.45) is 3.78. The fourth-order valence-corrected chi connectivity index (χ4v) is 2.92. The second-order valence-corrected chi connectivity index (χ2v) is 5.77. The highest BCUT2D eigenvalue weighted by molar-refractivity contribution is 7.90. The summed E-state index contributed by atoms with van der Waals surface area (Å²) < 4.78 is 30.7. The zero-order valence-electron chi connectivity index (χ0n) is 7.53. The number of sulfonamides is 1. The van der Waals surface area contributed by atoms with E-state index >= 15 is 0 Å². The summed E-state index contributed by atoms with van der Waals surface area (Å²) in [5.41, 5.74) is 0. The van der Waals surface area contributed by atoms with E-state index in [0.29, 0.717) is 6.54 Å². The van der Waals surface area contributed by atoms with Gasteiger partial charge in [0.15, 0.2) is 0 Å². The molecule has 0 amide bonds. The molecule has 1 saturated carbocycles. The van der Waals surface area contributed by atoms with E-state index in [1.54, 1.807) is 0 Å². The van der Waals surface area contributed by atoms with Crippen LogP contribution >= 0.6 is 0 Å². The van der Waals surface area contributed by atoms with Gasteiger partial charge >= 0.3 is 0 Å². The highest BCUT2D eigenvalue weighted by Gasteiger charge is 2.35. The summed E-state index contributed by atoms with van der Waals surface area (Å²) >= 11 is 0. The highest BCUT2D eigenvalue weighted by atomic mass is 32.2. The van der Waals surface area contributed by atoms with Crippen LogP contribution < -0.4 is 4.72 Å². The lowest BCUT2D eigenvalue weighted by atomic mass is 10.2. The quantitative estimate of drug-likeness (QED) is 0.715. The number of rotatable bonds is 4. The van der Waals surface area contributed by atoms with Gasteiger partial charge < -0.3 is 4.74 Å². The van der Waals surface area contributed by atoms with Crippen molar-refractivity contribution in [1.82, 2.24) is 4.72 Å². The van der Waals surface area contributed by atoms with Crippen LogP contribution in [0.2, 0.25) is 0 Å². The molecule has 0 spiro atoms. The Morgan fingerprint density at radius 2 is 2.08 bits per heavy atom. The van der Waals surface area contributed by atoms with Gasteiger partial charge in [-0.15, -0.1) is 0 Å². The fourth-order valence-electron chi connectivity index (χ4n) is 1.51. The van der Waals surface area contributed by atoms with Crippen LogP contribution in [-0.2, 0) is 14.8 Å². The van der Waals surface area contributed by atoms with Gasteiger partial charge in [0.25, 0.3) is 0 Å². The van der Waals surface area contributed by atoms with E-state index in [1.165, 1.54) is 0 Å². The molecule has 0 aromatic heterocycles. The van der Waals surface area contributed by atoms with Crippen LogP contribution in [0.1, 0.15) is 25.7 Å². The van der Waals surface area contributed by atoms with E-state index in [-0.39, 0.29) is 11.4 Å². The summed E-state index contributed by atoms with van der Waals surface area (Å²) in [6.45, 7) is 1.23. The Labute approximate surface area is 78.7 Å². The van der Waals surface area contributed by atoms with Crippen molar-refractivity contribution in [3.8, 4) is 0 Å². The lowest BCUT2D eigenvalue weighted by Gasteiger charge is -2.10. The number of nitrogens with one attached hydrogen (secondary N) is 1. The molecule has 2 rings (SSSR count). The van der Waals surface area contributed by atoms with Crippen molar-refractivity contribution in [2.75, 3.05) is 13.2 Å². The average molecular weight is 205 g/mol. The average Bonchev–Trinajstić information content (AvgIpc) is 2.82. The fraction of sp³-hybridized carbons (Fsp3) is 1.00. The van der Waals surface area contributed by atoms with Gasteiger partial charge in [0.2, 0.25) is 10.0 Å². The third-order valence-corrected chi connectivity index (χ3v) is 4.42. The Bertz CT molecular complexity index is 265. The standard InChI is InChI=1S/C8H15NO3S/c10-13(11,8-3-4-8)9-6-7-2-1-5-12-7/h7-9H,1-6H2. The minimum atomic E-state index is -3.00. The molecular weight excluding hydrogens is 190 g/mol. The van der Waals surface area contributed by atoms with Gasteiger partial charge in [0.1, 0.15) is 0 Å². The highest BCUT2D eigenvalue weighted by Crippen LogP contribution is 2.27. The summed E-state index contributed by atoms with van der Waals surface area (Å²) in [5.74, 6) is 0. The summed E-state index contributed by atoms with van der Waals surface area (Å²) in [4.78, 5) is 0. The van der Waals surface area contributed by atoms with Gasteiger partial charge in [-0.25, -0.2) is 13.1 Å². The minimum absolute atomic E-state index is 0.105. The topological polar surface area (TPSA) is 55.4 Å². The monoisotopic (exact) mass is 205 g/mol. The maximum Gasteiger partial charge on any atom is 0.214 e. The number of ether oxygens (including phenoxy) is 1. The Morgan fingerprint density at radius 3 is 2.62 bits per heavy atom. The van der Waals surface area contributed by atoms with Crippen molar-refractivity contribution < 1.29 is 13.2 Å². The molecule has 1 aliphatic carbocycles. The van der Waals surface area contributed by atoms with Gasteiger partial charge in [-0.3, -0.25) is 0 Å². The van der Waals surface area contributed by atoms with Crippen LogP contribution in [-0.4, -0.2) is 32.9 Å². The molecule has 2 aliphatic rings. The van der Waals surface area contributed by atoms with Crippen molar-refractivity contribution in [3.63, 3.8) is 0 Å². The molecule has 76 valence electrons. The molecular formula is C8H15NO3S. The van der Waals surface area contributed by atoms with Crippen LogP contribution in [0, 0.1) is 0 Å². The third-order valence-electron chi connectivity index (χ3n) is 2.50. The van der Waals surface area contributed by atoms with Crippen molar-refractivity contribution in [1.29, 1.82) is 0 Å². The molecule has 13 heavy (non-hydrogen) atoms. The predicted molar refractivity (Wildman–Crippen MR) is 48.9 cm³/mol. The Kier molecular flexibility index (Phi) is 2.58. The Hall–Kier alpha value is -0.130. The zero-order chi connectivity index (χ0) is 9.31. The largest absolute Gasteiger partial charge is 0.377 e. The molecule has 4 nitrogen and oxygen atoms in total. The van der Waals surface area contributed by atoms with Crippen LogP contribution in [0.25, 0.3) is 0 Å². The number of hydrogen-bond donors (Lipinski definition) is 1. The molecule has 0 bridgehead atoms. The maximum absolute atomic E-state index is 11.4. The SMILES string of the molecule is O=S(=O)(NCC1CCCO1)C1CC1.